The lowest BCUT2D eigenvalue weighted by molar-refractivity contribution is -0.142. The molecule has 0 spiro atoms. The summed E-state index contributed by atoms with van der Waals surface area (Å²) in [5, 5.41) is 3.86. The predicted octanol–water partition coefficient (Wildman–Crippen LogP) is 4.52. The van der Waals surface area contributed by atoms with Crippen molar-refractivity contribution in [2.75, 3.05) is 33.3 Å². The van der Waals surface area contributed by atoms with Gasteiger partial charge in [0.05, 0.1) is 19.0 Å². The second-order valence-electron chi connectivity index (χ2n) is 8.71. The summed E-state index contributed by atoms with van der Waals surface area (Å²) in [5.74, 6) is -0.185. The van der Waals surface area contributed by atoms with Crippen LogP contribution in [0.15, 0.2) is 60.8 Å². The summed E-state index contributed by atoms with van der Waals surface area (Å²) in [6.45, 7) is 2.09. The Hall–Kier alpha value is -3.99. The van der Waals surface area contributed by atoms with Crippen LogP contribution in [0.25, 0.3) is 16.9 Å². The van der Waals surface area contributed by atoms with Crippen LogP contribution in [0.4, 0.5) is 17.6 Å². The number of hydrogen-bond donors (Lipinski definition) is 0. The molecule has 0 bridgehead atoms. The second-order valence-corrected chi connectivity index (χ2v) is 8.71. The summed E-state index contributed by atoms with van der Waals surface area (Å²) < 4.78 is 61.5. The molecule has 192 valence electrons. The quantitative estimate of drug-likeness (QED) is 0.367. The number of benzene rings is 2. The molecular weight excluding hydrogens is 490 g/mol. The van der Waals surface area contributed by atoms with Gasteiger partial charge in [0, 0.05) is 43.9 Å². The number of amides is 1. The van der Waals surface area contributed by atoms with Gasteiger partial charge in [-0.15, -0.1) is 0 Å². The molecule has 0 saturated carbocycles. The van der Waals surface area contributed by atoms with Crippen LogP contribution in [0.2, 0.25) is 0 Å². The number of piperazine rings is 1. The van der Waals surface area contributed by atoms with E-state index in [4.69, 9.17) is 4.74 Å². The van der Waals surface area contributed by atoms with Gasteiger partial charge >= 0.3 is 6.18 Å². The Kier molecular flexibility index (Phi) is 6.55. The van der Waals surface area contributed by atoms with Gasteiger partial charge in [0.25, 0.3) is 5.91 Å². The zero-order chi connectivity index (χ0) is 26.2. The van der Waals surface area contributed by atoms with Gasteiger partial charge in [-0.3, -0.25) is 9.69 Å². The zero-order valence-electron chi connectivity index (χ0n) is 19.9. The third-order valence-electron chi connectivity index (χ3n) is 6.39. The van der Waals surface area contributed by atoms with Crippen LogP contribution in [0, 0.1) is 5.82 Å². The van der Waals surface area contributed by atoms with Gasteiger partial charge in [0.1, 0.15) is 17.1 Å². The maximum atomic E-state index is 14.0. The van der Waals surface area contributed by atoms with E-state index in [-0.39, 0.29) is 22.7 Å². The van der Waals surface area contributed by atoms with Crippen LogP contribution in [0.1, 0.15) is 21.6 Å². The smallest absolute Gasteiger partial charge is 0.433 e. The first kappa shape index (κ1) is 24.7. The molecule has 0 atom stereocenters. The van der Waals surface area contributed by atoms with E-state index in [0.29, 0.717) is 54.1 Å². The molecule has 2 aromatic heterocycles. The second kappa shape index (κ2) is 9.81. The Balaban J connectivity index is 1.41. The van der Waals surface area contributed by atoms with Crippen molar-refractivity contribution in [1.82, 2.24) is 24.4 Å². The summed E-state index contributed by atoms with van der Waals surface area (Å²) in [4.78, 5) is 21.3. The molecule has 1 aliphatic rings. The van der Waals surface area contributed by atoms with Gasteiger partial charge in [-0.05, 0) is 36.4 Å². The van der Waals surface area contributed by atoms with E-state index >= 15 is 0 Å². The maximum Gasteiger partial charge on any atom is 0.433 e. The first-order chi connectivity index (χ1) is 17.7. The first-order valence-corrected chi connectivity index (χ1v) is 11.6. The van der Waals surface area contributed by atoms with Crippen molar-refractivity contribution in [3.8, 4) is 17.0 Å². The molecule has 0 N–H and O–H groups in total. The van der Waals surface area contributed by atoms with Crippen molar-refractivity contribution < 1.29 is 27.1 Å². The Labute approximate surface area is 209 Å². The van der Waals surface area contributed by atoms with Gasteiger partial charge < -0.3 is 9.64 Å². The number of rotatable bonds is 5. The summed E-state index contributed by atoms with van der Waals surface area (Å²) >= 11 is 0. The van der Waals surface area contributed by atoms with E-state index in [0.717, 1.165) is 12.3 Å². The molecule has 5 rings (SSSR count). The molecule has 0 unspecified atom stereocenters. The van der Waals surface area contributed by atoms with Crippen LogP contribution < -0.4 is 4.74 Å². The van der Waals surface area contributed by atoms with Crippen molar-refractivity contribution in [3.63, 3.8) is 0 Å². The highest BCUT2D eigenvalue weighted by atomic mass is 19.4. The fraction of sp³-hybridized carbons (Fsp3) is 0.269. The minimum atomic E-state index is -4.72. The molecule has 0 aliphatic carbocycles. The van der Waals surface area contributed by atoms with Crippen molar-refractivity contribution in [1.29, 1.82) is 0 Å². The zero-order valence-corrected chi connectivity index (χ0v) is 19.9. The van der Waals surface area contributed by atoms with Crippen molar-refractivity contribution in [3.05, 3.63) is 83.4 Å². The SMILES string of the molecule is COc1ccc(-c2cc(C(F)(F)F)n3ncc(C(=O)N4CCN(Cc5ccccc5F)CC4)c3n2)cc1. The number of halogens is 4. The molecule has 11 heteroatoms. The number of carbonyl (C=O) groups is 1. The number of alkyl halides is 3. The fourth-order valence-electron chi connectivity index (χ4n) is 4.37. The molecule has 1 amide bonds. The molecule has 1 saturated heterocycles. The van der Waals surface area contributed by atoms with Crippen LogP contribution in [0.5, 0.6) is 5.75 Å². The lowest BCUT2D eigenvalue weighted by Crippen LogP contribution is -2.48. The molecule has 4 aromatic rings. The van der Waals surface area contributed by atoms with E-state index in [1.54, 1.807) is 47.4 Å². The number of ether oxygens (including phenoxy) is 1. The Morgan fingerprint density at radius 2 is 1.73 bits per heavy atom. The third-order valence-corrected chi connectivity index (χ3v) is 6.39. The van der Waals surface area contributed by atoms with Crippen LogP contribution in [-0.2, 0) is 12.7 Å². The highest BCUT2D eigenvalue weighted by Crippen LogP contribution is 2.33. The van der Waals surface area contributed by atoms with Crippen LogP contribution in [0.3, 0.4) is 0 Å². The van der Waals surface area contributed by atoms with E-state index in [1.807, 2.05) is 4.90 Å². The molecule has 1 aliphatic heterocycles. The maximum absolute atomic E-state index is 14.0. The number of aromatic nitrogens is 3. The average Bonchev–Trinajstić information content (AvgIpc) is 3.33. The van der Waals surface area contributed by atoms with Gasteiger partial charge in [-0.1, -0.05) is 18.2 Å². The van der Waals surface area contributed by atoms with Gasteiger partial charge in [-0.25, -0.2) is 13.9 Å². The molecule has 3 heterocycles. The largest absolute Gasteiger partial charge is 0.497 e. The molecule has 1 fully saturated rings. The number of methoxy groups -OCH3 is 1. The highest BCUT2D eigenvalue weighted by molar-refractivity contribution is 6.00. The predicted molar refractivity (Wildman–Crippen MR) is 128 cm³/mol. The summed E-state index contributed by atoms with van der Waals surface area (Å²) in [6.07, 6.45) is -3.59. The van der Waals surface area contributed by atoms with Crippen molar-refractivity contribution in [2.24, 2.45) is 0 Å². The standard InChI is InChI=1S/C26H23F4N5O2/c1-37-19-8-6-17(7-9-19)22-14-23(26(28,29)30)35-24(32-22)20(15-31-35)25(36)34-12-10-33(11-13-34)16-18-4-2-3-5-21(18)27/h2-9,14-15H,10-13,16H2,1H3. The molecule has 37 heavy (non-hydrogen) atoms. The normalized spacial score (nSPS) is 14.8. The minimum Gasteiger partial charge on any atom is -0.497 e. The molecule has 0 radical (unpaired) electrons. The van der Waals surface area contributed by atoms with Gasteiger partial charge in [-0.2, -0.15) is 18.3 Å². The van der Waals surface area contributed by atoms with Crippen molar-refractivity contribution >= 4 is 11.6 Å². The van der Waals surface area contributed by atoms with Gasteiger partial charge in [0.15, 0.2) is 11.3 Å². The van der Waals surface area contributed by atoms with Crippen LogP contribution >= 0.6 is 0 Å². The number of hydrogen-bond acceptors (Lipinski definition) is 5. The minimum absolute atomic E-state index is 0.0107. The molecular formula is C26H23F4N5O2. The van der Waals surface area contributed by atoms with E-state index in [1.165, 1.54) is 13.2 Å². The summed E-state index contributed by atoms with van der Waals surface area (Å²) in [5.41, 5.74) is -0.137. The number of carbonyl (C=O) groups excluding carboxylic acids is 1. The molecule has 7 nitrogen and oxygen atoms in total. The van der Waals surface area contributed by atoms with E-state index < -0.39 is 17.8 Å². The van der Waals surface area contributed by atoms with Crippen LogP contribution in [-0.4, -0.2) is 63.6 Å². The monoisotopic (exact) mass is 513 g/mol. The summed E-state index contributed by atoms with van der Waals surface area (Å²) in [7, 11) is 1.49. The lowest BCUT2D eigenvalue weighted by atomic mass is 10.1. The Bertz CT molecular complexity index is 1430. The average molecular weight is 513 g/mol. The van der Waals surface area contributed by atoms with Gasteiger partial charge in [0.2, 0.25) is 0 Å². The molecule has 2 aromatic carbocycles. The van der Waals surface area contributed by atoms with E-state index in [9.17, 15) is 22.4 Å². The number of fused-ring (bicyclic) bond motifs is 1. The fourth-order valence-corrected chi connectivity index (χ4v) is 4.37. The first-order valence-electron chi connectivity index (χ1n) is 11.6. The number of nitrogens with zero attached hydrogens (tertiary/aromatic N) is 5. The highest BCUT2D eigenvalue weighted by Gasteiger charge is 2.36. The Morgan fingerprint density at radius 3 is 2.38 bits per heavy atom. The summed E-state index contributed by atoms with van der Waals surface area (Å²) in [6, 6.07) is 13.9. The Morgan fingerprint density at radius 1 is 1.03 bits per heavy atom. The van der Waals surface area contributed by atoms with E-state index in [2.05, 4.69) is 10.1 Å². The topological polar surface area (TPSA) is 63.0 Å². The van der Waals surface area contributed by atoms with Crippen molar-refractivity contribution in [2.45, 2.75) is 12.7 Å². The third kappa shape index (κ3) is 4.99. The lowest BCUT2D eigenvalue weighted by Gasteiger charge is -2.34.